The predicted molar refractivity (Wildman–Crippen MR) is 116 cm³/mol. The number of ether oxygens (including phenoxy) is 4. The average molecular weight is 470 g/mol. The normalized spacial score (nSPS) is 11.7. The van der Waals surface area contributed by atoms with Crippen LogP contribution >= 0.6 is 23.4 Å². The van der Waals surface area contributed by atoms with E-state index in [1.807, 2.05) is 0 Å². The van der Waals surface area contributed by atoms with Crippen LogP contribution in [-0.2, 0) is 9.59 Å². The lowest BCUT2D eigenvalue weighted by molar-refractivity contribution is -0.126. The number of anilines is 1. The van der Waals surface area contributed by atoms with Crippen LogP contribution in [0.3, 0.4) is 0 Å². The maximum absolute atomic E-state index is 12.9. The van der Waals surface area contributed by atoms with Crippen LogP contribution in [0.4, 0.5) is 11.4 Å². The summed E-state index contributed by atoms with van der Waals surface area (Å²) in [6, 6.07) is 6.27. The minimum Gasteiger partial charge on any atom is -0.497 e. The summed E-state index contributed by atoms with van der Waals surface area (Å²) in [7, 11) is 5.76. The fraction of sp³-hybridized carbons (Fsp3) is 0.300. The van der Waals surface area contributed by atoms with Crippen LogP contribution in [0.15, 0.2) is 40.6 Å². The van der Waals surface area contributed by atoms with Gasteiger partial charge in [-0.05, 0) is 31.2 Å². The molecule has 0 bridgehead atoms. The van der Waals surface area contributed by atoms with Crippen molar-refractivity contribution in [2.75, 3.05) is 32.9 Å². The van der Waals surface area contributed by atoms with Crippen molar-refractivity contribution in [2.45, 2.75) is 13.0 Å². The first-order chi connectivity index (χ1) is 14.8. The van der Waals surface area contributed by atoms with Gasteiger partial charge in [0, 0.05) is 17.8 Å². The van der Waals surface area contributed by atoms with Gasteiger partial charge < -0.3 is 18.9 Å². The van der Waals surface area contributed by atoms with E-state index in [1.54, 1.807) is 18.2 Å². The highest BCUT2D eigenvalue weighted by molar-refractivity contribution is 6.39. The van der Waals surface area contributed by atoms with E-state index in [-0.39, 0.29) is 22.1 Å². The van der Waals surface area contributed by atoms with E-state index >= 15 is 0 Å². The molecule has 0 radical (unpaired) electrons. The lowest BCUT2D eigenvalue weighted by Crippen LogP contribution is -2.36. The third-order valence-corrected chi connectivity index (χ3v) is 4.87. The minimum absolute atomic E-state index is 0.109. The topological polar surface area (TPSA) is 99.0 Å². The van der Waals surface area contributed by atoms with Crippen molar-refractivity contribution in [3.05, 3.63) is 35.4 Å². The fourth-order valence-corrected chi connectivity index (χ4v) is 3.05. The third-order valence-electron chi connectivity index (χ3n) is 4.16. The van der Waals surface area contributed by atoms with Gasteiger partial charge in [0.15, 0.2) is 17.3 Å². The quantitative estimate of drug-likeness (QED) is 0.302. The number of azo groups is 1. The lowest BCUT2D eigenvalue weighted by atomic mass is 10.2. The summed E-state index contributed by atoms with van der Waals surface area (Å²) in [6.07, 6.45) is 0. The zero-order valence-corrected chi connectivity index (χ0v) is 19.0. The Bertz CT molecular complexity index is 999. The van der Waals surface area contributed by atoms with E-state index in [9.17, 15) is 9.59 Å². The summed E-state index contributed by atoms with van der Waals surface area (Å²) in [6.45, 7) is 1.20. The number of hydrogen-bond acceptors (Lipinski definition) is 8. The van der Waals surface area contributed by atoms with Gasteiger partial charge in [-0.1, -0.05) is 11.6 Å². The summed E-state index contributed by atoms with van der Waals surface area (Å²) in [5, 5.41) is 7.94. The second-order valence-electron chi connectivity index (χ2n) is 6.02. The Balaban J connectivity index is 2.39. The molecule has 0 saturated heterocycles. The minimum atomic E-state index is -1.52. The molecule has 11 heteroatoms. The van der Waals surface area contributed by atoms with Gasteiger partial charge in [-0.3, -0.25) is 9.59 Å². The van der Waals surface area contributed by atoms with Crippen LogP contribution in [0, 0.1) is 0 Å². The van der Waals surface area contributed by atoms with Crippen LogP contribution in [-0.4, -0.2) is 46.2 Å². The molecule has 166 valence electrons. The predicted octanol–water partition coefficient (Wildman–Crippen LogP) is 4.60. The number of hydrogen-bond donors (Lipinski definition) is 0. The molecule has 0 heterocycles. The zero-order chi connectivity index (χ0) is 23.1. The number of methoxy groups -OCH3 is 4. The molecule has 0 aliphatic heterocycles. The highest BCUT2D eigenvalue weighted by Crippen LogP contribution is 2.41. The summed E-state index contributed by atoms with van der Waals surface area (Å²) in [5.41, 5.74) is 0.359. The van der Waals surface area contributed by atoms with Gasteiger partial charge in [0.1, 0.15) is 27.9 Å². The number of carbonyl (C=O) groups is 2. The van der Waals surface area contributed by atoms with Crippen molar-refractivity contribution < 1.29 is 28.5 Å². The van der Waals surface area contributed by atoms with E-state index in [0.29, 0.717) is 17.2 Å². The summed E-state index contributed by atoms with van der Waals surface area (Å²) in [4.78, 5) is 25.1. The molecule has 0 aromatic heterocycles. The molecule has 0 N–H and O–H groups in total. The van der Waals surface area contributed by atoms with Crippen LogP contribution in [0.2, 0.25) is 5.02 Å². The largest absolute Gasteiger partial charge is 0.497 e. The number of Topliss-reactive ketones (excluding diaryl/α,β-unsaturated/α-hetero) is 1. The molecule has 0 aliphatic carbocycles. The van der Waals surface area contributed by atoms with E-state index in [0.717, 1.165) is 4.42 Å². The molecule has 2 rings (SSSR count). The van der Waals surface area contributed by atoms with Crippen molar-refractivity contribution in [1.82, 2.24) is 0 Å². The molecular formula is C20H21Cl2N3O6. The zero-order valence-electron chi connectivity index (χ0n) is 17.5. The monoisotopic (exact) mass is 469 g/mol. The van der Waals surface area contributed by atoms with Crippen molar-refractivity contribution in [2.24, 2.45) is 10.2 Å². The maximum atomic E-state index is 12.9. The first-order valence-corrected chi connectivity index (χ1v) is 9.54. The molecule has 1 atom stereocenters. The molecule has 0 spiro atoms. The highest BCUT2D eigenvalue weighted by atomic mass is 35.5. The summed E-state index contributed by atoms with van der Waals surface area (Å²) < 4.78 is 21.5. The summed E-state index contributed by atoms with van der Waals surface area (Å²) in [5.74, 6) is -0.0354. The molecule has 9 nitrogen and oxygen atoms in total. The Morgan fingerprint density at radius 3 is 2.16 bits per heavy atom. The van der Waals surface area contributed by atoms with Gasteiger partial charge in [-0.15, -0.1) is 0 Å². The van der Waals surface area contributed by atoms with Crippen molar-refractivity contribution >= 4 is 46.4 Å². The van der Waals surface area contributed by atoms with Gasteiger partial charge in [-0.25, -0.2) is 4.42 Å². The number of carbonyl (C=O) groups excluding carboxylic acids is 2. The molecule has 1 amide bonds. The van der Waals surface area contributed by atoms with Crippen LogP contribution < -0.4 is 23.4 Å². The SMILES string of the molecule is COc1ccc(OC)c(N(Cl)C(=O)C(N=Nc2ccc(OC)c(OC)c2Cl)C(C)=O)c1. The Labute approximate surface area is 189 Å². The van der Waals surface area contributed by atoms with E-state index in [4.69, 9.17) is 42.3 Å². The number of ketones is 1. The Kier molecular flexibility index (Phi) is 8.47. The molecule has 31 heavy (non-hydrogen) atoms. The van der Waals surface area contributed by atoms with E-state index in [1.165, 1.54) is 47.5 Å². The first kappa shape index (κ1) is 24.2. The standard InChI is InChI=1S/C20H21Cl2N3O6/c1-11(26)18(24-23-13-7-9-16(30-4)19(31-5)17(13)21)20(27)25(22)14-10-12(28-2)6-8-15(14)29-3/h6-10,18H,1-5H3. The fourth-order valence-electron chi connectivity index (χ4n) is 2.56. The Morgan fingerprint density at radius 2 is 1.61 bits per heavy atom. The number of nitrogens with zero attached hydrogens (tertiary/aromatic N) is 3. The van der Waals surface area contributed by atoms with Crippen molar-refractivity contribution in [3.63, 3.8) is 0 Å². The molecule has 0 fully saturated rings. The number of amides is 1. The van der Waals surface area contributed by atoms with Crippen LogP contribution in [0.5, 0.6) is 23.0 Å². The second-order valence-corrected chi connectivity index (χ2v) is 6.74. The number of halogens is 2. The van der Waals surface area contributed by atoms with Crippen LogP contribution in [0.25, 0.3) is 0 Å². The van der Waals surface area contributed by atoms with Gasteiger partial charge in [0.25, 0.3) is 5.91 Å². The second kappa shape index (κ2) is 10.8. The van der Waals surface area contributed by atoms with Gasteiger partial charge in [0.2, 0.25) is 6.04 Å². The molecular weight excluding hydrogens is 449 g/mol. The highest BCUT2D eigenvalue weighted by Gasteiger charge is 2.30. The first-order valence-electron chi connectivity index (χ1n) is 8.82. The smallest absolute Gasteiger partial charge is 0.276 e. The molecule has 1 unspecified atom stereocenters. The molecule has 0 aliphatic rings. The Morgan fingerprint density at radius 1 is 0.968 bits per heavy atom. The van der Waals surface area contributed by atoms with Crippen LogP contribution in [0.1, 0.15) is 6.92 Å². The molecule has 0 saturated carbocycles. The van der Waals surface area contributed by atoms with Gasteiger partial charge in [-0.2, -0.15) is 10.2 Å². The molecule has 2 aromatic rings. The maximum Gasteiger partial charge on any atom is 0.276 e. The van der Waals surface area contributed by atoms with E-state index in [2.05, 4.69) is 10.2 Å². The van der Waals surface area contributed by atoms with Crippen molar-refractivity contribution in [3.8, 4) is 23.0 Å². The van der Waals surface area contributed by atoms with Gasteiger partial charge in [0.05, 0.1) is 28.4 Å². The lowest BCUT2D eigenvalue weighted by Gasteiger charge is -2.19. The summed E-state index contributed by atoms with van der Waals surface area (Å²) >= 11 is 12.5. The number of benzene rings is 2. The van der Waals surface area contributed by atoms with Gasteiger partial charge >= 0.3 is 0 Å². The van der Waals surface area contributed by atoms with Crippen molar-refractivity contribution in [1.29, 1.82) is 0 Å². The average Bonchev–Trinajstić information content (AvgIpc) is 2.78. The Hall–Kier alpha value is -3.04. The van der Waals surface area contributed by atoms with E-state index < -0.39 is 17.7 Å². The third kappa shape index (κ3) is 5.36. The molecule has 2 aromatic carbocycles. The number of rotatable bonds is 9.